The van der Waals surface area contributed by atoms with Gasteiger partial charge in [0, 0.05) is 25.6 Å². The van der Waals surface area contributed by atoms with Crippen LogP contribution in [0.3, 0.4) is 0 Å². The minimum Gasteiger partial charge on any atom is -0.397 e. The highest BCUT2D eigenvalue weighted by Crippen LogP contribution is 2.30. The molecule has 0 saturated carbocycles. The molecule has 0 atom stereocenters. The molecule has 132 valence electrons. The van der Waals surface area contributed by atoms with Gasteiger partial charge in [0.25, 0.3) is 0 Å². The maximum Gasteiger partial charge on any atom is 0.123 e. The lowest BCUT2D eigenvalue weighted by molar-refractivity contribution is 0.117. The van der Waals surface area contributed by atoms with Gasteiger partial charge in [0.15, 0.2) is 0 Å². The van der Waals surface area contributed by atoms with Crippen molar-refractivity contribution in [3.63, 3.8) is 0 Å². The van der Waals surface area contributed by atoms with Gasteiger partial charge in [-0.1, -0.05) is 24.8 Å². The fraction of sp³-hybridized carbons (Fsp3) is 0.300. The van der Waals surface area contributed by atoms with Crippen molar-refractivity contribution in [1.29, 1.82) is 0 Å². The maximum absolute atomic E-state index is 13.1. The first kappa shape index (κ1) is 17.3. The molecule has 1 fully saturated rings. The van der Waals surface area contributed by atoms with Crippen molar-refractivity contribution < 1.29 is 4.39 Å². The fourth-order valence-electron chi connectivity index (χ4n) is 3.14. The summed E-state index contributed by atoms with van der Waals surface area (Å²) in [6.07, 6.45) is 0. The fourth-order valence-corrected chi connectivity index (χ4v) is 3.14. The van der Waals surface area contributed by atoms with Gasteiger partial charge in [-0.2, -0.15) is 0 Å². The summed E-state index contributed by atoms with van der Waals surface area (Å²) in [6.45, 7) is 7.23. The van der Waals surface area contributed by atoms with Crippen LogP contribution in [0, 0.1) is 11.7 Å². The second kappa shape index (κ2) is 7.15. The van der Waals surface area contributed by atoms with E-state index in [1.54, 1.807) is 12.1 Å². The molecule has 1 saturated heterocycles. The van der Waals surface area contributed by atoms with E-state index in [4.69, 9.17) is 5.73 Å². The lowest BCUT2D eigenvalue weighted by Crippen LogP contribution is -2.50. The Morgan fingerprint density at radius 3 is 2.48 bits per heavy atom. The van der Waals surface area contributed by atoms with Gasteiger partial charge in [0.05, 0.1) is 17.2 Å². The Morgan fingerprint density at radius 2 is 1.84 bits per heavy atom. The lowest BCUT2D eigenvalue weighted by atomic mass is 10.00. The van der Waals surface area contributed by atoms with Crippen molar-refractivity contribution in [2.45, 2.75) is 0 Å². The standard InChI is InChI=1S/C20H25FN4/c1-14(25-12-15(13-25)11-24(2)3)23-20-10-17(6-9-19(20)22)16-4-7-18(21)8-5-16/h4-10,15,23H,1,11-13,22H2,2-3H3. The SMILES string of the molecule is C=C(Nc1cc(-c2ccc(F)cc2)ccc1N)N1CC(CN(C)C)C1. The van der Waals surface area contributed by atoms with E-state index >= 15 is 0 Å². The van der Waals surface area contributed by atoms with E-state index in [1.807, 2.05) is 18.2 Å². The third-order valence-corrected chi connectivity index (χ3v) is 4.47. The number of anilines is 2. The molecule has 2 aromatic carbocycles. The Balaban J connectivity index is 1.67. The van der Waals surface area contributed by atoms with Crippen LogP contribution >= 0.6 is 0 Å². The first-order valence-electron chi connectivity index (χ1n) is 8.43. The molecule has 3 rings (SSSR count). The molecule has 25 heavy (non-hydrogen) atoms. The van der Waals surface area contributed by atoms with Gasteiger partial charge in [0.1, 0.15) is 5.82 Å². The second-order valence-corrected chi connectivity index (χ2v) is 6.91. The Kier molecular flexibility index (Phi) is 4.95. The third-order valence-electron chi connectivity index (χ3n) is 4.47. The van der Waals surface area contributed by atoms with E-state index in [0.717, 1.165) is 42.3 Å². The zero-order valence-corrected chi connectivity index (χ0v) is 14.8. The molecule has 0 aliphatic carbocycles. The van der Waals surface area contributed by atoms with E-state index in [1.165, 1.54) is 12.1 Å². The van der Waals surface area contributed by atoms with Gasteiger partial charge in [-0.25, -0.2) is 4.39 Å². The van der Waals surface area contributed by atoms with Crippen LogP contribution in [0.1, 0.15) is 0 Å². The molecule has 2 aromatic rings. The second-order valence-electron chi connectivity index (χ2n) is 6.91. The first-order valence-corrected chi connectivity index (χ1v) is 8.43. The highest BCUT2D eigenvalue weighted by atomic mass is 19.1. The molecule has 1 aliphatic rings. The van der Waals surface area contributed by atoms with Crippen LogP contribution < -0.4 is 11.1 Å². The van der Waals surface area contributed by atoms with Crippen molar-refractivity contribution in [1.82, 2.24) is 9.80 Å². The minimum atomic E-state index is -0.240. The van der Waals surface area contributed by atoms with E-state index < -0.39 is 0 Å². The van der Waals surface area contributed by atoms with Crippen molar-refractivity contribution in [3.05, 3.63) is 60.7 Å². The predicted octanol–water partition coefficient (Wildman–Crippen LogP) is 3.45. The summed E-state index contributed by atoms with van der Waals surface area (Å²) in [5.41, 5.74) is 9.52. The van der Waals surface area contributed by atoms with Crippen LogP contribution in [0.4, 0.5) is 15.8 Å². The molecule has 0 aromatic heterocycles. The first-order chi connectivity index (χ1) is 11.9. The molecule has 0 spiro atoms. The molecular weight excluding hydrogens is 315 g/mol. The van der Waals surface area contributed by atoms with E-state index in [-0.39, 0.29) is 5.82 Å². The molecule has 1 heterocycles. The summed E-state index contributed by atoms with van der Waals surface area (Å²) in [7, 11) is 4.19. The maximum atomic E-state index is 13.1. The van der Waals surface area contributed by atoms with Crippen LogP contribution in [0.15, 0.2) is 54.9 Å². The van der Waals surface area contributed by atoms with Crippen LogP contribution in [0.2, 0.25) is 0 Å². The number of nitrogen functional groups attached to an aromatic ring is 1. The average molecular weight is 340 g/mol. The number of nitrogens with one attached hydrogen (secondary N) is 1. The monoisotopic (exact) mass is 340 g/mol. The van der Waals surface area contributed by atoms with Crippen molar-refractivity contribution in [2.75, 3.05) is 44.8 Å². The average Bonchev–Trinajstić information content (AvgIpc) is 2.53. The topological polar surface area (TPSA) is 44.5 Å². The molecule has 0 bridgehead atoms. The van der Waals surface area contributed by atoms with Crippen LogP contribution in [0.5, 0.6) is 0 Å². The summed E-state index contributed by atoms with van der Waals surface area (Å²) >= 11 is 0. The number of hydrogen-bond donors (Lipinski definition) is 2. The van der Waals surface area contributed by atoms with E-state index in [9.17, 15) is 4.39 Å². The number of hydrogen-bond acceptors (Lipinski definition) is 4. The quantitative estimate of drug-likeness (QED) is 0.791. The summed E-state index contributed by atoms with van der Waals surface area (Å²) in [4.78, 5) is 4.43. The van der Waals surface area contributed by atoms with E-state index in [0.29, 0.717) is 11.6 Å². The molecule has 0 unspecified atom stereocenters. The van der Waals surface area contributed by atoms with Crippen molar-refractivity contribution in [2.24, 2.45) is 5.92 Å². The molecule has 0 amide bonds. The number of rotatable bonds is 6. The molecule has 4 nitrogen and oxygen atoms in total. The van der Waals surface area contributed by atoms with Gasteiger partial charge < -0.3 is 20.9 Å². The zero-order valence-electron chi connectivity index (χ0n) is 14.8. The van der Waals surface area contributed by atoms with Crippen molar-refractivity contribution in [3.8, 4) is 11.1 Å². The predicted molar refractivity (Wildman–Crippen MR) is 103 cm³/mol. The highest BCUT2D eigenvalue weighted by Gasteiger charge is 2.28. The highest BCUT2D eigenvalue weighted by molar-refractivity contribution is 5.77. The van der Waals surface area contributed by atoms with Crippen molar-refractivity contribution >= 4 is 11.4 Å². The van der Waals surface area contributed by atoms with Crippen LogP contribution in [0.25, 0.3) is 11.1 Å². The van der Waals surface area contributed by atoms with E-state index in [2.05, 4.69) is 35.8 Å². The Bertz CT molecular complexity index is 749. The number of benzene rings is 2. The lowest BCUT2D eigenvalue weighted by Gasteiger charge is -2.43. The normalized spacial score (nSPS) is 14.5. The molecule has 5 heteroatoms. The summed E-state index contributed by atoms with van der Waals surface area (Å²) < 4.78 is 13.1. The van der Waals surface area contributed by atoms with Crippen LogP contribution in [-0.4, -0.2) is 43.5 Å². The number of nitrogens with zero attached hydrogens (tertiary/aromatic N) is 2. The number of halogens is 1. The smallest absolute Gasteiger partial charge is 0.123 e. The summed E-state index contributed by atoms with van der Waals surface area (Å²) in [6, 6.07) is 12.2. The minimum absolute atomic E-state index is 0.240. The molecule has 1 aliphatic heterocycles. The summed E-state index contributed by atoms with van der Waals surface area (Å²) in [5.74, 6) is 1.30. The van der Waals surface area contributed by atoms with Gasteiger partial charge in [-0.05, 0) is 49.5 Å². The number of likely N-dealkylation sites (tertiary alicyclic amines) is 1. The van der Waals surface area contributed by atoms with Gasteiger partial charge >= 0.3 is 0 Å². The molecule has 3 N–H and O–H groups in total. The number of nitrogens with two attached hydrogens (primary N) is 1. The third kappa shape index (κ3) is 4.12. The summed E-state index contributed by atoms with van der Waals surface area (Å²) in [5, 5.41) is 3.33. The van der Waals surface area contributed by atoms with Crippen LogP contribution in [-0.2, 0) is 0 Å². The Labute approximate surface area is 148 Å². The zero-order chi connectivity index (χ0) is 18.0. The molecule has 0 radical (unpaired) electrons. The largest absolute Gasteiger partial charge is 0.397 e. The van der Waals surface area contributed by atoms with Gasteiger partial charge in [-0.3, -0.25) is 0 Å². The van der Waals surface area contributed by atoms with Gasteiger partial charge in [-0.15, -0.1) is 0 Å². The Morgan fingerprint density at radius 1 is 1.20 bits per heavy atom. The molecular formula is C20H25FN4. The van der Waals surface area contributed by atoms with Gasteiger partial charge in [0.2, 0.25) is 0 Å². The Hall–Kier alpha value is -2.53.